The van der Waals surface area contributed by atoms with Crippen molar-refractivity contribution in [1.29, 1.82) is 0 Å². The van der Waals surface area contributed by atoms with Gasteiger partial charge in [0.05, 0.1) is 5.92 Å². The van der Waals surface area contributed by atoms with Crippen molar-refractivity contribution in [3.8, 4) is 5.88 Å². The predicted molar refractivity (Wildman–Crippen MR) is 56.4 cm³/mol. The third kappa shape index (κ3) is 2.79. The fourth-order valence-electron chi connectivity index (χ4n) is 0.987. The molecule has 0 aliphatic rings. The molecule has 1 N–H and O–H groups in total. The van der Waals surface area contributed by atoms with Gasteiger partial charge in [-0.1, -0.05) is 13.8 Å². The number of ether oxygens (including phenoxy) is 1. The monoisotopic (exact) mass is 223 g/mol. The summed E-state index contributed by atoms with van der Waals surface area (Å²) in [5.74, 6) is -2.14. The quantitative estimate of drug-likeness (QED) is 0.788. The number of carbonyl (C=O) groups is 2. The van der Waals surface area contributed by atoms with Gasteiger partial charge in [0.2, 0.25) is 5.88 Å². The number of carboxylic acid groups (broad SMARTS) is 1. The Labute approximate surface area is 93.1 Å². The molecule has 0 radical (unpaired) electrons. The Bertz CT molecular complexity index is 426. The van der Waals surface area contributed by atoms with Crippen LogP contribution in [0.2, 0.25) is 0 Å². The first-order valence-electron chi connectivity index (χ1n) is 4.84. The van der Waals surface area contributed by atoms with Gasteiger partial charge in [-0.2, -0.15) is 0 Å². The summed E-state index contributed by atoms with van der Waals surface area (Å²) in [6, 6.07) is 2.92. The minimum Gasteiger partial charge on any atom is -0.477 e. The van der Waals surface area contributed by atoms with Gasteiger partial charge >= 0.3 is 11.9 Å². The zero-order valence-electron chi connectivity index (χ0n) is 9.35. The van der Waals surface area contributed by atoms with Crippen LogP contribution < -0.4 is 4.74 Å². The highest BCUT2D eigenvalue weighted by molar-refractivity contribution is 5.91. The van der Waals surface area contributed by atoms with E-state index in [9.17, 15) is 9.59 Å². The number of esters is 1. The van der Waals surface area contributed by atoms with Crippen molar-refractivity contribution in [2.24, 2.45) is 5.92 Å². The second kappa shape index (κ2) is 4.74. The molecule has 1 heterocycles. The van der Waals surface area contributed by atoms with E-state index >= 15 is 0 Å². The van der Waals surface area contributed by atoms with Gasteiger partial charge in [0.1, 0.15) is 5.56 Å². The van der Waals surface area contributed by atoms with E-state index in [1.807, 2.05) is 0 Å². The summed E-state index contributed by atoms with van der Waals surface area (Å²) in [6.45, 7) is 5.02. The molecule has 0 spiro atoms. The molecular formula is C11H13NO4. The van der Waals surface area contributed by atoms with Crippen molar-refractivity contribution >= 4 is 11.9 Å². The number of aromatic nitrogens is 1. The second-order valence-corrected chi connectivity index (χ2v) is 3.69. The Morgan fingerprint density at radius 1 is 1.38 bits per heavy atom. The van der Waals surface area contributed by atoms with E-state index < -0.39 is 11.9 Å². The van der Waals surface area contributed by atoms with Crippen LogP contribution >= 0.6 is 0 Å². The Morgan fingerprint density at radius 2 is 2.00 bits per heavy atom. The van der Waals surface area contributed by atoms with E-state index in [0.29, 0.717) is 5.69 Å². The van der Waals surface area contributed by atoms with Crippen LogP contribution in [0, 0.1) is 12.8 Å². The third-order valence-electron chi connectivity index (χ3n) is 1.90. The number of rotatable bonds is 3. The molecule has 1 rings (SSSR count). The molecule has 0 fully saturated rings. The maximum Gasteiger partial charge on any atom is 0.341 e. The topological polar surface area (TPSA) is 76.5 Å². The lowest BCUT2D eigenvalue weighted by Gasteiger charge is -2.08. The summed E-state index contributed by atoms with van der Waals surface area (Å²) < 4.78 is 4.92. The third-order valence-corrected chi connectivity index (χ3v) is 1.90. The zero-order chi connectivity index (χ0) is 12.3. The van der Waals surface area contributed by atoms with Crippen LogP contribution in [0.15, 0.2) is 12.1 Å². The van der Waals surface area contributed by atoms with E-state index in [4.69, 9.17) is 9.84 Å². The molecule has 0 aromatic carbocycles. The first-order valence-corrected chi connectivity index (χ1v) is 4.84. The number of nitrogens with zero attached hydrogens (tertiary/aromatic N) is 1. The standard InChI is InChI=1S/C11H13NO4/c1-6(2)11(15)16-9-8(10(13)14)5-4-7(3)12-9/h4-6H,1-3H3,(H,13,14). The molecule has 5 heteroatoms. The van der Waals surface area contributed by atoms with Crippen molar-refractivity contribution in [1.82, 2.24) is 4.98 Å². The van der Waals surface area contributed by atoms with Gasteiger partial charge in [-0.25, -0.2) is 9.78 Å². The van der Waals surface area contributed by atoms with E-state index in [1.165, 1.54) is 6.07 Å². The van der Waals surface area contributed by atoms with Crippen molar-refractivity contribution in [3.05, 3.63) is 23.4 Å². The zero-order valence-corrected chi connectivity index (χ0v) is 9.35. The minimum atomic E-state index is -1.17. The molecule has 0 aliphatic heterocycles. The SMILES string of the molecule is Cc1ccc(C(=O)O)c(OC(=O)C(C)C)n1. The molecule has 1 aromatic rings. The number of aromatic carboxylic acids is 1. The molecule has 0 saturated carbocycles. The lowest BCUT2D eigenvalue weighted by Crippen LogP contribution is -2.17. The van der Waals surface area contributed by atoms with E-state index in [1.54, 1.807) is 26.8 Å². The number of hydrogen-bond acceptors (Lipinski definition) is 4. The van der Waals surface area contributed by atoms with Gasteiger partial charge in [0, 0.05) is 5.69 Å². The lowest BCUT2D eigenvalue weighted by atomic mass is 10.2. The van der Waals surface area contributed by atoms with Crippen LogP contribution in [0.4, 0.5) is 0 Å². The number of carboxylic acids is 1. The molecule has 0 atom stereocenters. The van der Waals surface area contributed by atoms with Crippen LogP contribution in [0.25, 0.3) is 0 Å². The maximum absolute atomic E-state index is 11.3. The van der Waals surface area contributed by atoms with Crippen molar-refractivity contribution in [2.45, 2.75) is 20.8 Å². The van der Waals surface area contributed by atoms with E-state index in [0.717, 1.165) is 0 Å². The van der Waals surface area contributed by atoms with Gasteiger partial charge in [-0.3, -0.25) is 4.79 Å². The van der Waals surface area contributed by atoms with Crippen LogP contribution in [0.1, 0.15) is 29.9 Å². The van der Waals surface area contributed by atoms with Crippen LogP contribution in [0.3, 0.4) is 0 Å². The smallest absolute Gasteiger partial charge is 0.341 e. The van der Waals surface area contributed by atoms with E-state index in [2.05, 4.69) is 4.98 Å². The number of hydrogen-bond donors (Lipinski definition) is 1. The molecule has 0 saturated heterocycles. The van der Waals surface area contributed by atoms with Crippen molar-refractivity contribution in [3.63, 3.8) is 0 Å². The fourth-order valence-corrected chi connectivity index (χ4v) is 0.987. The maximum atomic E-state index is 11.3. The molecule has 0 unspecified atom stereocenters. The number of aryl methyl sites for hydroxylation is 1. The first-order chi connectivity index (χ1) is 7.41. The molecule has 0 aliphatic carbocycles. The second-order valence-electron chi connectivity index (χ2n) is 3.69. The van der Waals surface area contributed by atoms with E-state index in [-0.39, 0.29) is 17.4 Å². The Kier molecular flexibility index (Phi) is 3.60. The Balaban J connectivity index is 3.06. The van der Waals surface area contributed by atoms with Crippen molar-refractivity contribution in [2.75, 3.05) is 0 Å². The van der Waals surface area contributed by atoms with Crippen molar-refractivity contribution < 1.29 is 19.4 Å². The number of carbonyl (C=O) groups excluding carboxylic acids is 1. The highest BCUT2D eigenvalue weighted by Gasteiger charge is 2.17. The summed E-state index contributed by atoms with van der Waals surface area (Å²) >= 11 is 0. The highest BCUT2D eigenvalue weighted by atomic mass is 16.5. The largest absolute Gasteiger partial charge is 0.477 e. The summed E-state index contributed by atoms with van der Waals surface area (Å²) in [7, 11) is 0. The highest BCUT2D eigenvalue weighted by Crippen LogP contribution is 2.17. The molecule has 16 heavy (non-hydrogen) atoms. The van der Waals surface area contributed by atoms with Gasteiger partial charge in [0.25, 0.3) is 0 Å². The van der Waals surface area contributed by atoms with Crippen LogP contribution in [-0.4, -0.2) is 22.0 Å². The van der Waals surface area contributed by atoms with Gasteiger partial charge in [-0.15, -0.1) is 0 Å². The average Bonchev–Trinajstić information content (AvgIpc) is 2.16. The molecule has 0 amide bonds. The molecular weight excluding hydrogens is 210 g/mol. The molecule has 0 bridgehead atoms. The first kappa shape index (κ1) is 12.2. The molecule has 5 nitrogen and oxygen atoms in total. The Morgan fingerprint density at radius 3 is 2.50 bits per heavy atom. The summed E-state index contributed by atoms with van der Waals surface area (Å²) in [4.78, 5) is 26.1. The molecule has 86 valence electrons. The van der Waals surface area contributed by atoms with Gasteiger partial charge < -0.3 is 9.84 Å². The average molecular weight is 223 g/mol. The van der Waals surface area contributed by atoms with Gasteiger partial charge in [0.15, 0.2) is 0 Å². The van der Waals surface area contributed by atoms with Crippen LogP contribution in [0.5, 0.6) is 5.88 Å². The minimum absolute atomic E-state index is 0.111. The normalized spacial score (nSPS) is 10.2. The lowest BCUT2D eigenvalue weighted by molar-refractivity contribution is -0.138. The van der Waals surface area contributed by atoms with Crippen LogP contribution in [-0.2, 0) is 4.79 Å². The van der Waals surface area contributed by atoms with Gasteiger partial charge in [-0.05, 0) is 19.1 Å². The number of pyridine rings is 1. The summed E-state index contributed by atoms with van der Waals surface area (Å²) in [5.41, 5.74) is 0.483. The Hall–Kier alpha value is -1.91. The predicted octanol–water partition coefficient (Wildman–Crippen LogP) is 1.65. The fraction of sp³-hybridized carbons (Fsp3) is 0.364. The summed E-state index contributed by atoms with van der Waals surface area (Å²) in [6.07, 6.45) is 0. The molecule has 1 aromatic heterocycles. The summed E-state index contributed by atoms with van der Waals surface area (Å²) in [5, 5.41) is 8.88.